The molecule has 3 nitrogen and oxygen atoms in total. The van der Waals surface area contributed by atoms with Gasteiger partial charge in [0.15, 0.2) is 0 Å². The third-order valence-electron chi connectivity index (χ3n) is 2.43. The van der Waals surface area contributed by atoms with Gasteiger partial charge in [0.05, 0.1) is 10.7 Å². The van der Waals surface area contributed by atoms with Crippen molar-refractivity contribution < 1.29 is 9.90 Å². The second-order valence-electron chi connectivity index (χ2n) is 3.52. The van der Waals surface area contributed by atoms with Crippen LogP contribution in [0.2, 0.25) is 0 Å². The van der Waals surface area contributed by atoms with Crippen LogP contribution in [-0.4, -0.2) is 17.6 Å². The number of carboxylic acid groups (broad SMARTS) is 1. The van der Waals surface area contributed by atoms with Gasteiger partial charge in [0, 0.05) is 17.5 Å². The van der Waals surface area contributed by atoms with Crippen LogP contribution in [0.15, 0.2) is 52.4 Å². The molecule has 0 aromatic heterocycles. The number of carboxylic acids is 1. The third-order valence-corrected chi connectivity index (χ3v) is 3.56. The Balaban J connectivity index is 2.26. The van der Waals surface area contributed by atoms with Crippen LogP contribution < -0.4 is 4.90 Å². The number of benzene rings is 1. The predicted molar refractivity (Wildman–Crippen MR) is 70.2 cm³/mol. The molecular formula is C13H13NO2S. The molecule has 0 atom stereocenters. The normalized spacial score (nSPS) is 16.8. The molecule has 17 heavy (non-hydrogen) atoms. The first-order chi connectivity index (χ1) is 8.22. The molecule has 1 N–H and O–H groups in total. The maximum atomic E-state index is 10.4. The second-order valence-corrected chi connectivity index (χ2v) is 4.58. The SMILES string of the molecule is CCN1C(=CC=CC(=O)O)Sc2ccccc21. The summed E-state index contributed by atoms with van der Waals surface area (Å²) < 4.78 is 0. The summed E-state index contributed by atoms with van der Waals surface area (Å²) in [4.78, 5) is 13.8. The lowest BCUT2D eigenvalue weighted by Crippen LogP contribution is -2.16. The van der Waals surface area contributed by atoms with Gasteiger partial charge in [-0.3, -0.25) is 0 Å². The van der Waals surface area contributed by atoms with E-state index in [1.165, 1.54) is 10.6 Å². The van der Waals surface area contributed by atoms with Gasteiger partial charge >= 0.3 is 5.97 Å². The molecular weight excluding hydrogens is 234 g/mol. The minimum atomic E-state index is -0.926. The number of hydrogen-bond donors (Lipinski definition) is 1. The molecule has 0 unspecified atom stereocenters. The van der Waals surface area contributed by atoms with E-state index >= 15 is 0 Å². The van der Waals surface area contributed by atoms with Crippen LogP contribution in [-0.2, 0) is 4.79 Å². The van der Waals surface area contributed by atoms with E-state index in [-0.39, 0.29) is 0 Å². The second kappa shape index (κ2) is 5.10. The monoisotopic (exact) mass is 247 g/mol. The lowest BCUT2D eigenvalue weighted by Gasteiger charge is -2.17. The number of allylic oxidation sites excluding steroid dienone is 2. The fourth-order valence-electron chi connectivity index (χ4n) is 1.72. The summed E-state index contributed by atoms with van der Waals surface area (Å²) in [5.41, 5.74) is 1.19. The van der Waals surface area contributed by atoms with Crippen molar-refractivity contribution in [1.29, 1.82) is 0 Å². The molecule has 0 spiro atoms. The van der Waals surface area contributed by atoms with E-state index < -0.39 is 5.97 Å². The van der Waals surface area contributed by atoms with E-state index in [9.17, 15) is 4.79 Å². The van der Waals surface area contributed by atoms with Crippen LogP contribution in [0.4, 0.5) is 5.69 Å². The lowest BCUT2D eigenvalue weighted by atomic mass is 10.3. The summed E-state index contributed by atoms with van der Waals surface area (Å²) in [5.74, 6) is -0.926. The molecule has 0 aliphatic carbocycles. The zero-order valence-corrected chi connectivity index (χ0v) is 10.3. The van der Waals surface area contributed by atoms with Crippen molar-refractivity contribution in [2.24, 2.45) is 0 Å². The quantitative estimate of drug-likeness (QED) is 0.833. The zero-order valence-electron chi connectivity index (χ0n) is 9.46. The number of fused-ring (bicyclic) bond motifs is 1. The fraction of sp³-hybridized carbons (Fsp3) is 0.154. The molecule has 0 saturated carbocycles. The molecule has 0 bridgehead atoms. The Morgan fingerprint density at radius 2 is 2.24 bits per heavy atom. The Labute approximate surface area is 104 Å². The van der Waals surface area contributed by atoms with Crippen molar-refractivity contribution in [2.45, 2.75) is 11.8 Å². The number of hydrogen-bond acceptors (Lipinski definition) is 3. The Hall–Kier alpha value is -1.68. The van der Waals surface area contributed by atoms with E-state index in [1.807, 2.05) is 18.2 Å². The predicted octanol–water partition coefficient (Wildman–Crippen LogP) is 3.10. The van der Waals surface area contributed by atoms with Gasteiger partial charge in [0.25, 0.3) is 0 Å². The third kappa shape index (κ3) is 2.53. The number of carbonyl (C=O) groups is 1. The highest BCUT2D eigenvalue weighted by molar-refractivity contribution is 8.03. The van der Waals surface area contributed by atoms with E-state index in [0.717, 1.165) is 17.6 Å². The Kier molecular flexibility index (Phi) is 3.54. The van der Waals surface area contributed by atoms with Crippen molar-refractivity contribution in [3.8, 4) is 0 Å². The smallest absolute Gasteiger partial charge is 0.328 e. The Bertz CT molecular complexity index is 494. The molecule has 0 fully saturated rings. The van der Waals surface area contributed by atoms with Gasteiger partial charge in [-0.15, -0.1) is 0 Å². The van der Waals surface area contributed by atoms with Gasteiger partial charge in [-0.05, 0) is 25.1 Å². The average molecular weight is 247 g/mol. The highest BCUT2D eigenvalue weighted by Crippen LogP contribution is 2.45. The lowest BCUT2D eigenvalue weighted by molar-refractivity contribution is -0.131. The molecule has 0 saturated heterocycles. The molecule has 2 rings (SSSR count). The van der Waals surface area contributed by atoms with E-state index in [4.69, 9.17) is 5.11 Å². The van der Waals surface area contributed by atoms with E-state index in [0.29, 0.717) is 0 Å². The molecule has 1 aromatic rings. The van der Waals surface area contributed by atoms with Gasteiger partial charge in [-0.25, -0.2) is 4.79 Å². The first kappa shape index (κ1) is 11.8. The number of aliphatic carboxylic acids is 1. The molecule has 0 radical (unpaired) electrons. The first-order valence-electron chi connectivity index (χ1n) is 5.38. The number of rotatable bonds is 3. The van der Waals surface area contributed by atoms with Crippen LogP contribution in [0, 0.1) is 0 Å². The Morgan fingerprint density at radius 3 is 2.94 bits per heavy atom. The molecule has 88 valence electrons. The zero-order chi connectivity index (χ0) is 12.3. The summed E-state index contributed by atoms with van der Waals surface area (Å²) >= 11 is 1.66. The highest BCUT2D eigenvalue weighted by atomic mass is 32.2. The van der Waals surface area contributed by atoms with Crippen molar-refractivity contribution in [3.63, 3.8) is 0 Å². The average Bonchev–Trinajstić information content (AvgIpc) is 2.66. The maximum absolute atomic E-state index is 10.4. The summed E-state index contributed by atoms with van der Waals surface area (Å²) in [6.45, 7) is 2.95. The van der Waals surface area contributed by atoms with Crippen LogP contribution >= 0.6 is 11.8 Å². The summed E-state index contributed by atoms with van der Waals surface area (Å²) in [7, 11) is 0. The van der Waals surface area contributed by atoms with Crippen LogP contribution in [0.3, 0.4) is 0 Å². The van der Waals surface area contributed by atoms with Gasteiger partial charge in [0.1, 0.15) is 0 Å². The minimum Gasteiger partial charge on any atom is -0.478 e. The fourth-order valence-corrected chi connectivity index (χ4v) is 2.85. The van der Waals surface area contributed by atoms with Crippen molar-refractivity contribution >= 4 is 23.4 Å². The van der Waals surface area contributed by atoms with Gasteiger partial charge < -0.3 is 10.0 Å². The summed E-state index contributed by atoms with van der Waals surface area (Å²) in [6, 6.07) is 8.17. The standard InChI is InChI=1S/C13H13NO2S/c1-2-14-10-6-3-4-7-11(10)17-12(14)8-5-9-13(15)16/h3-9H,2H2,1H3,(H,15,16). The molecule has 1 heterocycles. The highest BCUT2D eigenvalue weighted by Gasteiger charge is 2.22. The van der Waals surface area contributed by atoms with Gasteiger partial charge in [0.2, 0.25) is 0 Å². The first-order valence-corrected chi connectivity index (χ1v) is 6.19. The van der Waals surface area contributed by atoms with Crippen molar-refractivity contribution in [1.82, 2.24) is 0 Å². The summed E-state index contributed by atoms with van der Waals surface area (Å²) in [6.07, 6.45) is 4.55. The largest absolute Gasteiger partial charge is 0.478 e. The summed E-state index contributed by atoms with van der Waals surface area (Å²) in [5, 5.41) is 9.61. The molecule has 0 amide bonds. The van der Waals surface area contributed by atoms with Crippen LogP contribution in [0.25, 0.3) is 0 Å². The number of thioether (sulfide) groups is 1. The van der Waals surface area contributed by atoms with E-state index in [1.54, 1.807) is 17.8 Å². The minimum absolute atomic E-state index is 0.872. The van der Waals surface area contributed by atoms with Crippen LogP contribution in [0.5, 0.6) is 0 Å². The molecule has 1 aliphatic rings. The number of para-hydroxylation sites is 1. The van der Waals surface area contributed by atoms with Crippen molar-refractivity contribution in [2.75, 3.05) is 11.4 Å². The Morgan fingerprint density at radius 1 is 1.47 bits per heavy atom. The van der Waals surface area contributed by atoms with Gasteiger partial charge in [-0.2, -0.15) is 0 Å². The van der Waals surface area contributed by atoms with E-state index in [2.05, 4.69) is 24.0 Å². The number of anilines is 1. The molecule has 1 aliphatic heterocycles. The van der Waals surface area contributed by atoms with Gasteiger partial charge in [-0.1, -0.05) is 30.0 Å². The maximum Gasteiger partial charge on any atom is 0.328 e. The molecule has 1 aromatic carbocycles. The topological polar surface area (TPSA) is 40.5 Å². The van der Waals surface area contributed by atoms with Crippen molar-refractivity contribution in [3.05, 3.63) is 47.5 Å². The number of nitrogens with zero attached hydrogens (tertiary/aromatic N) is 1. The molecule has 4 heteroatoms. The van der Waals surface area contributed by atoms with Crippen LogP contribution in [0.1, 0.15) is 6.92 Å².